The maximum absolute atomic E-state index is 13.3. The first-order valence-electron chi connectivity index (χ1n) is 8.69. The van der Waals surface area contributed by atoms with Gasteiger partial charge in [-0.3, -0.25) is 4.79 Å². The fourth-order valence-corrected chi connectivity index (χ4v) is 2.94. The van der Waals surface area contributed by atoms with E-state index in [1.807, 2.05) is 24.3 Å². The molecule has 5 nitrogen and oxygen atoms in total. The van der Waals surface area contributed by atoms with E-state index in [-0.39, 0.29) is 18.3 Å². The molecular weight excluding hydrogens is 363 g/mol. The average molecular weight is 389 g/mol. The Hall–Kier alpha value is -2.54. The quantitative estimate of drug-likeness (QED) is 0.316. The van der Waals surface area contributed by atoms with Gasteiger partial charge in [0.15, 0.2) is 5.96 Å². The first kappa shape index (κ1) is 20.8. The second-order valence-corrected chi connectivity index (χ2v) is 7.19. The van der Waals surface area contributed by atoms with Crippen molar-refractivity contribution in [1.29, 1.82) is 0 Å². The Labute approximate surface area is 164 Å². The van der Waals surface area contributed by atoms with Crippen LogP contribution >= 0.6 is 11.8 Å². The maximum atomic E-state index is 13.3. The Morgan fingerprint density at radius 3 is 2.59 bits per heavy atom. The summed E-state index contributed by atoms with van der Waals surface area (Å²) in [5, 5.41) is 6.25. The highest BCUT2D eigenvalue weighted by atomic mass is 32.2. The van der Waals surface area contributed by atoms with Crippen LogP contribution < -0.4 is 10.6 Å². The molecule has 0 aliphatic rings. The lowest BCUT2D eigenvalue weighted by Crippen LogP contribution is -2.43. The van der Waals surface area contributed by atoms with Crippen molar-refractivity contribution in [2.75, 3.05) is 32.9 Å². The number of amides is 1. The molecule has 2 N–H and O–H groups in total. The second kappa shape index (κ2) is 11.2. The predicted octanol–water partition coefficient (Wildman–Crippen LogP) is 2.74. The molecule has 2 aromatic carbocycles. The van der Waals surface area contributed by atoms with Crippen molar-refractivity contribution < 1.29 is 9.18 Å². The van der Waals surface area contributed by atoms with Crippen LogP contribution in [0.15, 0.2) is 64.5 Å². The average Bonchev–Trinajstić information content (AvgIpc) is 2.67. The summed E-state index contributed by atoms with van der Waals surface area (Å²) in [4.78, 5) is 19.0. The summed E-state index contributed by atoms with van der Waals surface area (Å²) in [7, 11) is 3.41. The molecule has 0 saturated heterocycles. The standard InChI is InChI=1S/C20H25FN4OS/c1-25(2)19(26)15-24-20(23-14-16-7-6-8-17(21)13-16)22-11-12-27-18-9-4-3-5-10-18/h3-10,13H,11-12,14-15H2,1-2H3,(H2,22,23,24). The number of hydrogen-bond acceptors (Lipinski definition) is 3. The van der Waals surface area contributed by atoms with Crippen molar-refractivity contribution in [3.8, 4) is 0 Å². The number of likely N-dealkylation sites (N-methyl/N-ethyl adjacent to an activating group) is 1. The smallest absolute Gasteiger partial charge is 0.241 e. The summed E-state index contributed by atoms with van der Waals surface area (Å²) in [5.41, 5.74) is 0.772. The Kier molecular flexibility index (Phi) is 8.64. The number of benzene rings is 2. The normalized spacial score (nSPS) is 11.1. The third kappa shape index (κ3) is 8.13. The zero-order valence-corrected chi connectivity index (χ0v) is 16.4. The van der Waals surface area contributed by atoms with Gasteiger partial charge in [-0.05, 0) is 29.8 Å². The minimum absolute atomic E-state index is 0.0473. The molecule has 1 amide bonds. The van der Waals surface area contributed by atoms with Gasteiger partial charge in [0.05, 0.1) is 13.1 Å². The van der Waals surface area contributed by atoms with E-state index in [9.17, 15) is 9.18 Å². The van der Waals surface area contributed by atoms with Crippen LogP contribution in [-0.2, 0) is 11.3 Å². The number of thioether (sulfide) groups is 1. The van der Waals surface area contributed by atoms with Crippen molar-refractivity contribution in [1.82, 2.24) is 15.5 Å². The van der Waals surface area contributed by atoms with E-state index in [0.29, 0.717) is 19.0 Å². The molecule has 0 fully saturated rings. The fraction of sp³-hybridized carbons (Fsp3) is 0.300. The van der Waals surface area contributed by atoms with Gasteiger partial charge < -0.3 is 15.5 Å². The van der Waals surface area contributed by atoms with Crippen LogP contribution in [0.2, 0.25) is 0 Å². The lowest BCUT2D eigenvalue weighted by atomic mass is 10.2. The minimum Gasteiger partial charge on any atom is -0.356 e. The third-order valence-electron chi connectivity index (χ3n) is 3.62. The van der Waals surface area contributed by atoms with Gasteiger partial charge in [0.25, 0.3) is 0 Å². The van der Waals surface area contributed by atoms with Crippen LogP contribution in [0, 0.1) is 5.82 Å². The molecule has 0 aliphatic heterocycles. The number of guanidine groups is 1. The van der Waals surface area contributed by atoms with E-state index in [2.05, 4.69) is 27.8 Å². The van der Waals surface area contributed by atoms with Gasteiger partial charge in [0, 0.05) is 31.3 Å². The Morgan fingerprint density at radius 2 is 1.89 bits per heavy atom. The molecular formula is C20H25FN4OS. The van der Waals surface area contributed by atoms with Gasteiger partial charge in [0.1, 0.15) is 5.82 Å². The Morgan fingerprint density at radius 1 is 1.11 bits per heavy atom. The number of nitrogens with zero attached hydrogens (tertiary/aromatic N) is 2. The molecule has 0 radical (unpaired) electrons. The topological polar surface area (TPSA) is 56.7 Å². The van der Waals surface area contributed by atoms with Crippen LogP contribution in [0.4, 0.5) is 4.39 Å². The van der Waals surface area contributed by atoms with Crippen LogP contribution in [0.3, 0.4) is 0 Å². The van der Waals surface area contributed by atoms with Crippen LogP contribution in [-0.4, -0.2) is 49.7 Å². The van der Waals surface area contributed by atoms with E-state index in [1.54, 1.807) is 31.9 Å². The monoisotopic (exact) mass is 388 g/mol. The number of halogens is 1. The van der Waals surface area contributed by atoms with Crippen molar-refractivity contribution in [3.63, 3.8) is 0 Å². The summed E-state index contributed by atoms with van der Waals surface area (Å²) in [6.45, 7) is 1.16. The SMILES string of the molecule is CN(C)C(=O)CNC(=NCc1cccc(F)c1)NCCSc1ccccc1. The number of carbonyl (C=O) groups is 1. The molecule has 144 valence electrons. The predicted molar refractivity (Wildman–Crippen MR) is 109 cm³/mol. The second-order valence-electron chi connectivity index (χ2n) is 6.02. The van der Waals surface area contributed by atoms with Crippen LogP contribution in [0.5, 0.6) is 0 Å². The van der Waals surface area contributed by atoms with Gasteiger partial charge in [-0.2, -0.15) is 0 Å². The van der Waals surface area contributed by atoms with E-state index in [0.717, 1.165) is 11.3 Å². The Bertz CT molecular complexity index is 753. The summed E-state index contributed by atoms with van der Waals surface area (Å²) < 4.78 is 13.3. The molecule has 0 heterocycles. The number of nitrogens with one attached hydrogen (secondary N) is 2. The van der Waals surface area contributed by atoms with Gasteiger partial charge in [-0.25, -0.2) is 9.38 Å². The van der Waals surface area contributed by atoms with Crippen molar-refractivity contribution >= 4 is 23.6 Å². The lowest BCUT2D eigenvalue weighted by molar-refractivity contribution is -0.127. The zero-order valence-electron chi connectivity index (χ0n) is 15.6. The molecule has 0 aromatic heterocycles. The molecule has 7 heteroatoms. The van der Waals surface area contributed by atoms with Gasteiger partial charge >= 0.3 is 0 Å². The molecule has 0 unspecified atom stereocenters. The summed E-state index contributed by atoms with van der Waals surface area (Å²) in [5.74, 6) is 1.05. The van der Waals surface area contributed by atoms with E-state index >= 15 is 0 Å². The van der Waals surface area contributed by atoms with E-state index in [1.165, 1.54) is 21.9 Å². The fourth-order valence-electron chi connectivity index (χ4n) is 2.15. The largest absolute Gasteiger partial charge is 0.356 e. The highest BCUT2D eigenvalue weighted by Gasteiger charge is 2.06. The molecule has 0 spiro atoms. The number of hydrogen-bond donors (Lipinski definition) is 2. The van der Waals surface area contributed by atoms with Crippen molar-refractivity contribution in [2.24, 2.45) is 4.99 Å². The first-order valence-corrected chi connectivity index (χ1v) is 9.68. The van der Waals surface area contributed by atoms with Crippen LogP contribution in [0.1, 0.15) is 5.56 Å². The van der Waals surface area contributed by atoms with Crippen molar-refractivity contribution in [2.45, 2.75) is 11.4 Å². The van der Waals surface area contributed by atoms with E-state index < -0.39 is 0 Å². The highest BCUT2D eigenvalue weighted by molar-refractivity contribution is 7.99. The highest BCUT2D eigenvalue weighted by Crippen LogP contribution is 2.15. The van der Waals surface area contributed by atoms with Gasteiger partial charge in [0.2, 0.25) is 5.91 Å². The number of carbonyl (C=O) groups excluding carboxylic acids is 1. The molecule has 0 saturated carbocycles. The summed E-state index contributed by atoms with van der Waals surface area (Å²) in [6.07, 6.45) is 0. The van der Waals surface area contributed by atoms with Gasteiger partial charge in [-0.15, -0.1) is 11.8 Å². The summed E-state index contributed by atoms with van der Waals surface area (Å²) in [6, 6.07) is 16.5. The Balaban J connectivity index is 1.89. The molecule has 0 aliphatic carbocycles. The molecule has 2 aromatic rings. The number of aliphatic imine (C=N–C) groups is 1. The zero-order chi connectivity index (χ0) is 19.5. The third-order valence-corrected chi connectivity index (χ3v) is 4.63. The minimum atomic E-state index is -0.285. The summed E-state index contributed by atoms with van der Waals surface area (Å²) >= 11 is 1.74. The lowest BCUT2D eigenvalue weighted by Gasteiger charge is -2.15. The first-order chi connectivity index (χ1) is 13.0. The van der Waals surface area contributed by atoms with Crippen molar-refractivity contribution in [3.05, 3.63) is 66.0 Å². The molecule has 0 bridgehead atoms. The maximum Gasteiger partial charge on any atom is 0.241 e. The molecule has 2 rings (SSSR count). The number of rotatable bonds is 8. The van der Waals surface area contributed by atoms with Gasteiger partial charge in [-0.1, -0.05) is 30.3 Å². The van der Waals surface area contributed by atoms with E-state index in [4.69, 9.17) is 0 Å². The molecule has 27 heavy (non-hydrogen) atoms. The molecule has 0 atom stereocenters. The van der Waals surface area contributed by atoms with Crippen LogP contribution in [0.25, 0.3) is 0 Å².